The van der Waals surface area contributed by atoms with Crippen LogP contribution in [0.4, 0.5) is 11.8 Å². The molecule has 0 atom stereocenters. The van der Waals surface area contributed by atoms with Gasteiger partial charge in [-0.3, -0.25) is 0 Å². The Bertz CT molecular complexity index is 1160. The van der Waals surface area contributed by atoms with Crippen molar-refractivity contribution in [1.82, 2.24) is 29.3 Å². The number of nitrogens with two attached hydrogens (primary N) is 1. The molecular formula is C22H27N9. The number of aromatic nitrogens is 6. The molecule has 1 aliphatic rings. The van der Waals surface area contributed by atoms with Gasteiger partial charge in [0.1, 0.15) is 0 Å². The minimum Gasteiger partial charge on any atom is -0.364 e. The molecule has 0 bridgehead atoms. The Morgan fingerprint density at radius 3 is 2.74 bits per heavy atom. The maximum atomic E-state index is 6.09. The number of anilines is 2. The average molecular weight is 418 g/mol. The highest BCUT2D eigenvalue weighted by atomic mass is 15.3. The molecule has 1 saturated heterocycles. The lowest BCUT2D eigenvalue weighted by Crippen LogP contribution is -2.40. The zero-order chi connectivity index (χ0) is 21.2. The highest BCUT2D eigenvalue weighted by Crippen LogP contribution is 2.25. The quantitative estimate of drug-likeness (QED) is 0.497. The number of benzene rings is 1. The number of fused-ring (bicyclic) bond motifs is 1. The average Bonchev–Trinajstić information content (AvgIpc) is 3.48. The van der Waals surface area contributed by atoms with E-state index in [1.165, 1.54) is 0 Å². The van der Waals surface area contributed by atoms with Crippen molar-refractivity contribution < 1.29 is 0 Å². The molecule has 5 rings (SSSR count). The Labute approximate surface area is 180 Å². The summed E-state index contributed by atoms with van der Waals surface area (Å²) in [7, 11) is 0. The first-order valence-electron chi connectivity index (χ1n) is 10.8. The lowest BCUT2D eigenvalue weighted by molar-refractivity contribution is 0.496. The molecule has 4 heterocycles. The molecule has 1 aromatic carbocycles. The molecule has 9 heteroatoms. The van der Waals surface area contributed by atoms with Gasteiger partial charge in [0.15, 0.2) is 17.0 Å². The third-order valence-corrected chi connectivity index (χ3v) is 5.80. The van der Waals surface area contributed by atoms with E-state index in [-0.39, 0.29) is 6.04 Å². The molecule has 1 aliphatic heterocycles. The summed E-state index contributed by atoms with van der Waals surface area (Å²) in [4.78, 5) is 16.5. The monoisotopic (exact) mass is 417 g/mol. The lowest BCUT2D eigenvalue weighted by atomic mass is 10.1. The van der Waals surface area contributed by atoms with E-state index < -0.39 is 0 Å². The number of imidazole rings is 1. The fourth-order valence-electron chi connectivity index (χ4n) is 4.00. The van der Waals surface area contributed by atoms with Gasteiger partial charge in [-0.25, -0.2) is 9.67 Å². The van der Waals surface area contributed by atoms with Crippen molar-refractivity contribution >= 4 is 22.9 Å². The first kappa shape index (κ1) is 19.5. The number of hydrogen-bond donors (Lipinski definition) is 2. The van der Waals surface area contributed by atoms with Crippen molar-refractivity contribution in [1.29, 1.82) is 0 Å². The molecule has 4 aromatic rings. The van der Waals surface area contributed by atoms with Gasteiger partial charge < -0.3 is 20.5 Å². The van der Waals surface area contributed by atoms with E-state index in [4.69, 9.17) is 15.7 Å². The van der Waals surface area contributed by atoms with Gasteiger partial charge in [0.05, 0.1) is 12.0 Å². The van der Waals surface area contributed by atoms with E-state index in [1.807, 2.05) is 35.4 Å². The number of piperidine rings is 1. The van der Waals surface area contributed by atoms with Crippen LogP contribution in [0.2, 0.25) is 0 Å². The largest absolute Gasteiger partial charge is 0.364 e. The second-order valence-corrected chi connectivity index (χ2v) is 7.83. The number of nitrogens with zero attached hydrogens (tertiary/aromatic N) is 7. The summed E-state index contributed by atoms with van der Waals surface area (Å²) in [5.41, 5.74) is 9.89. The van der Waals surface area contributed by atoms with Crippen LogP contribution in [-0.4, -0.2) is 48.4 Å². The topological polar surface area (TPSA) is 103 Å². The van der Waals surface area contributed by atoms with Gasteiger partial charge in [-0.1, -0.05) is 18.2 Å². The van der Waals surface area contributed by atoms with Crippen LogP contribution in [0, 0.1) is 0 Å². The normalized spacial score (nSPS) is 15.0. The van der Waals surface area contributed by atoms with Crippen molar-refractivity contribution in [2.75, 3.05) is 23.3 Å². The maximum absolute atomic E-state index is 6.09. The number of rotatable bonds is 6. The zero-order valence-corrected chi connectivity index (χ0v) is 17.6. The Morgan fingerprint density at radius 1 is 1.13 bits per heavy atom. The predicted molar refractivity (Wildman–Crippen MR) is 121 cm³/mol. The van der Waals surface area contributed by atoms with Gasteiger partial charge >= 0.3 is 0 Å². The van der Waals surface area contributed by atoms with Gasteiger partial charge in [-0.2, -0.15) is 15.1 Å². The molecule has 0 spiro atoms. The number of hydrogen-bond acceptors (Lipinski definition) is 7. The molecule has 0 saturated carbocycles. The molecule has 9 nitrogen and oxygen atoms in total. The van der Waals surface area contributed by atoms with Crippen LogP contribution in [0.5, 0.6) is 0 Å². The summed E-state index contributed by atoms with van der Waals surface area (Å²) < 4.78 is 3.93. The molecule has 0 unspecified atom stereocenters. The SMILES string of the molecule is CCn1cnc2c(NCc3ccccc3-n3cccn3)nc(N3CCC(N)CC3)nc21. The summed E-state index contributed by atoms with van der Waals surface area (Å²) in [5, 5.41) is 7.89. The van der Waals surface area contributed by atoms with E-state index in [1.54, 1.807) is 6.20 Å². The van der Waals surface area contributed by atoms with Crippen LogP contribution >= 0.6 is 0 Å². The molecule has 31 heavy (non-hydrogen) atoms. The molecule has 3 N–H and O–H groups in total. The third-order valence-electron chi connectivity index (χ3n) is 5.80. The summed E-state index contributed by atoms with van der Waals surface area (Å²) in [6.45, 7) is 5.24. The standard InChI is InChI=1S/C22H27N9/c1-2-29-15-25-19-20(27-22(28-21(19)29)30-12-8-17(23)9-13-30)24-14-16-6-3-4-7-18(16)31-11-5-10-26-31/h3-7,10-11,15,17H,2,8-9,12-14,23H2,1H3,(H,24,27,28). The van der Waals surface area contributed by atoms with Crippen LogP contribution in [0.3, 0.4) is 0 Å². The van der Waals surface area contributed by atoms with Crippen LogP contribution in [0.1, 0.15) is 25.3 Å². The van der Waals surface area contributed by atoms with Crippen molar-refractivity contribution in [3.8, 4) is 5.69 Å². The van der Waals surface area contributed by atoms with E-state index in [2.05, 4.69) is 43.9 Å². The summed E-state index contributed by atoms with van der Waals surface area (Å²) in [6, 6.07) is 10.4. The molecule has 1 fully saturated rings. The Balaban J connectivity index is 1.48. The fourth-order valence-corrected chi connectivity index (χ4v) is 4.00. The second kappa shape index (κ2) is 8.35. The van der Waals surface area contributed by atoms with Crippen LogP contribution < -0.4 is 16.0 Å². The van der Waals surface area contributed by atoms with Gasteiger partial charge in [0.25, 0.3) is 0 Å². The minimum absolute atomic E-state index is 0.262. The fraction of sp³-hybridized carbons (Fsp3) is 0.364. The predicted octanol–water partition coefficient (Wildman–Crippen LogP) is 2.57. The first-order chi connectivity index (χ1) is 15.2. The van der Waals surface area contributed by atoms with Gasteiger partial charge in [-0.05, 0) is 37.5 Å². The number of para-hydroxylation sites is 1. The van der Waals surface area contributed by atoms with Crippen LogP contribution in [0.15, 0.2) is 49.1 Å². The highest BCUT2D eigenvalue weighted by molar-refractivity contribution is 5.84. The Hall–Kier alpha value is -3.46. The van der Waals surface area contributed by atoms with Gasteiger partial charge in [0.2, 0.25) is 5.95 Å². The van der Waals surface area contributed by atoms with Crippen molar-refractivity contribution in [3.05, 3.63) is 54.6 Å². The van der Waals surface area contributed by atoms with Crippen LogP contribution in [-0.2, 0) is 13.1 Å². The van der Waals surface area contributed by atoms with E-state index in [0.717, 1.165) is 66.7 Å². The molecule has 0 radical (unpaired) electrons. The summed E-state index contributed by atoms with van der Waals surface area (Å²) in [6.07, 6.45) is 7.47. The maximum Gasteiger partial charge on any atom is 0.229 e. The minimum atomic E-state index is 0.262. The molecule has 0 aliphatic carbocycles. The Morgan fingerprint density at radius 2 is 1.97 bits per heavy atom. The van der Waals surface area contributed by atoms with Gasteiger partial charge in [-0.15, -0.1) is 0 Å². The molecule has 3 aromatic heterocycles. The first-order valence-corrected chi connectivity index (χ1v) is 10.8. The highest BCUT2D eigenvalue weighted by Gasteiger charge is 2.21. The van der Waals surface area contributed by atoms with Crippen LogP contribution in [0.25, 0.3) is 16.9 Å². The Kier molecular flexibility index (Phi) is 5.25. The van der Waals surface area contributed by atoms with E-state index in [0.29, 0.717) is 6.54 Å². The van der Waals surface area contributed by atoms with Crippen molar-refractivity contribution in [2.24, 2.45) is 5.73 Å². The van der Waals surface area contributed by atoms with E-state index in [9.17, 15) is 0 Å². The number of nitrogens with one attached hydrogen (secondary N) is 1. The van der Waals surface area contributed by atoms with Crippen molar-refractivity contribution in [2.45, 2.75) is 38.9 Å². The lowest BCUT2D eigenvalue weighted by Gasteiger charge is -2.30. The molecular weight excluding hydrogens is 390 g/mol. The van der Waals surface area contributed by atoms with E-state index >= 15 is 0 Å². The zero-order valence-electron chi connectivity index (χ0n) is 17.6. The van der Waals surface area contributed by atoms with Gasteiger partial charge in [0, 0.05) is 44.6 Å². The smallest absolute Gasteiger partial charge is 0.229 e. The number of aryl methyl sites for hydroxylation is 1. The summed E-state index contributed by atoms with van der Waals surface area (Å²) >= 11 is 0. The molecule has 160 valence electrons. The summed E-state index contributed by atoms with van der Waals surface area (Å²) in [5.74, 6) is 1.48. The third kappa shape index (κ3) is 3.84. The molecule has 0 amide bonds. The second-order valence-electron chi connectivity index (χ2n) is 7.83. The van der Waals surface area contributed by atoms with Crippen molar-refractivity contribution in [3.63, 3.8) is 0 Å².